The fourth-order valence-electron chi connectivity index (χ4n) is 2.53. The number of hydrogen-bond acceptors (Lipinski definition) is 3. The Morgan fingerprint density at radius 2 is 1.69 bits per heavy atom. The number of benzene rings is 1. The maximum atomic E-state index is 6.77. The number of ether oxygens (including phenoxy) is 2. The zero-order chi connectivity index (χ0) is 20.0. The molecule has 0 saturated carbocycles. The standard InChI is InChI=1S/C20H34Cl2O3Si/c1-8-9-13-17(25-26(6,7)20(2,3)4)19(24-14-23-5)18-15(21)11-10-12-16(18)22/h10-12,17,19H,8-9,13-14H2,1-7H3/t17-,19+/m0/s1. The van der Waals surface area contributed by atoms with Crippen molar-refractivity contribution in [2.75, 3.05) is 13.9 Å². The highest BCUT2D eigenvalue weighted by Gasteiger charge is 2.41. The minimum absolute atomic E-state index is 0.105. The fourth-order valence-corrected chi connectivity index (χ4v) is 4.50. The second-order valence-electron chi connectivity index (χ2n) is 8.19. The van der Waals surface area contributed by atoms with Gasteiger partial charge in [0, 0.05) is 22.7 Å². The van der Waals surface area contributed by atoms with Crippen molar-refractivity contribution in [2.24, 2.45) is 0 Å². The monoisotopic (exact) mass is 420 g/mol. The van der Waals surface area contributed by atoms with Crippen molar-refractivity contribution in [3.63, 3.8) is 0 Å². The number of hydrogen-bond donors (Lipinski definition) is 0. The molecule has 0 bridgehead atoms. The third-order valence-electron chi connectivity index (χ3n) is 5.08. The SMILES string of the molecule is CCCC[C@H](O[Si](C)(C)C(C)(C)C)[C@@H](OCOC)c1c(Cl)cccc1Cl. The van der Waals surface area contributed by atoms with Crippen molar-refractivity contribution in [3.8, 4) is 0 Å². The Bertz CT molecular complexity index is 538. The lowest BCUT2D eigenvalue weighted by atomic mass is 10.00. The molecule has 6 heteroatoms. The molecule has 0 aliphatic rings. The Morgan fingerprint density at radius 3 is 2.15 bits per heavy atom. The summed E-state index contributed by atoms with van der Waals surface area (Å²) in [5.74, 6) is 0. The summed E-state index contributed by atoms with van der Waals surface area (Å²) in [6.45, 7) is 13.6. The van der Waals surface area contributed by atoms with Crippen LogP contribution in [0.2, 0.25) is 28.2 Å². The van der Waals surface area contributed by atoms with Gasteiger partial charge in [-0.2, -0.15) is 0 Å². The summed E-state index contributed by atoms with van der Waals surface area (Å²) in [7, 11) is -0.382. The van der Waals surface area contributed by atoms with Crippen molar-refractivity contribution >= 4 is 31.5 Å². The largest absolute Gasteiger partial charge is 0.411 e. The van der Waals surface area contributed by atoms with Crippen LogP contribution >= 0.6 is 23.2 Å². The first-order chi connectivity index (χ1) is 12.0. The third-order valence-corrected chi connectivity index (χ3v) is 10.2. The first-order valence-corrected chi connectivity index (χ1v) is 12.9. The molecule has 26 heavy (non-hydrogen) atoms. The predicted octanol–water partition coefficient (Wildman–Crippen LogP) is 7.24. The first kappa shape index (κ1) is 23.9. The zero-order valence-electron chi connectivity index (χ0n) is 17.2. The van der Waals surface area contributed by atoms with Crippen LogP contribution in [0.25, 0.3) is 0 Å². The molecule has 0 aromatic heterocycles. The molecule has 0 N–H and O–H groups in total. The van der Waals surface area contributed by atoms with E-state index in [2.05, 4.69) is 40.8 Å². The molecule has 2 atom stereocenters. The van der Waals surface area contributed by atoms with Gasteiger partial charge in [-0.3, -0.25) is 0 Å². The average Bonchev–Trinajstić information content (AvgIpc) is 2.53. The van der Waals surface area contributed by atoms with Crippen molar-refractivity contribution in [2.45, 2.75) is 77.3 Å². The summed E-state index contributed by atoms with van der Waals surface area (Å²) in [5.41, 5.74) is 0.785. The number of unbranched alkanes of at least 4 members (excludes halogenated alkanes) is 1. The summed E-state index contributed by atoms with van der Waals surface area (Å²) in [6, 6.07) is 5.53. The lowest BCUT2D eigenvalue weighted by Crippen LogP contribution is -2.46. The molecule has 1 rings (SSSR count). The van der Waals surface area contributed by atoms with E-state index in [9.17, 15) is 0 Å². The van der Waals surface area contributed by atoms with Crippen molar-refractivity contribution in [3.05, 3.63) is 33.8 Å². The van der Waals surface area contributed by atoms with Crippen molar-refractivity contribution in [1.82, 2.24) is 0 Å². The second-order valence-corrected chi connectivity index (χ2v) is 13.8. The Kier molecular flexibility index (Phi) is 9.61. The molecule has 0 amide bonds. The highest BCUT2D eigenvalue weighted by molar-refractivity contribution is 6.74. The average molecular weight is 421 g/mol. The smallest absolute Gasteiger partial charge is 0.192 e. The molecule has 1 aromatic rings. The summed E-state index contributed by atoms with van der Waals surface area (Å²) < 4.78 is 18.0. The van der Waals surface area contributed by atoms with Gasteiger partial charge in [-0.15, -0.1) is 0 Å². The third kappa shape index (κ3) is 6.50. The van der Waals surface area contributed by atoms with E-state index < -0.39 is 8.32 Å². The number of rotatable bonds is 10. The highest BCUT2D eigenvalue weighted by atomic mass is 35.5. The lowest BCUT2D eigenvalue weighted by Gasteiger charge is -2.41. The summed E-state index contributed by atoms with van der Waals surface area (Å²) >= 11 is 13.0. The maximum absolute atomic E-state index is 6.77. The van der Waals surface area contributed by atoms with Crippen LogP contribution in [0, 0.1) is 0 Å². The minimum atomic E-state index is -1.99. The van der Waals surface area contributed by atoms with E-state index in [0.717, 1.165) is 24.8 Å². The highest BCUT2D eigenvalue weighted by Crippen LogP contribution is 2.42. The summed E-state index contributed by atoms with van der Waals surface area (Å²) in [5, 5.41) is 1.30. The van der Waals surface area contributed by atoms with Gasteiger partial charge >= 0.3 is 0 Å². The molecule has 0 saturated heterocycles. The van der Waals surface area contributed by atoms with Gasteiger partial charge in [0.05, 0.1) is 6.10 Å². The fraction of sp³-hybridized carbons (Fsp3) is 0.700. The van der Waals surface area contributed by atoms with E-state index in [-0.39, 0.29) is 24.0 Å². The van der Waals surface area contributed by atoms with Crippen molar-refractivity contribution in [1.29, 1.82) is 0 Å². The molecule has 1 aromatic carbocycles. The quantitative estimate of drug-likeness (QED) is 0.294. The van der Waals surface area contributed by atoms with Crippen LogP contribution < -0.4 is 0 Å². The molecule has 0 aliphatic heterocycles. The molecule has 0 heterocycles. The molecule has 0 aliphatic carbocycles. The van der Waals surface area contributed by atoms with Gasteiger partial charge < -0.3 is 13.9 Å². The van der Waals surface area contributed by atoms with Gasteiger partial charge in [0.25, 0.3) is 0 Å². The van der Waals surface area contributed by atoms with Crippen LogP contribution in [0.1, 0.15) is 58.6 Å². The van der Waals surface area contributed by atoms with Crippen LogP contribution in [0.5, 0.6) is 0 Å². The summed E-state index contributed by atoms with van der Waals surface area (Å²) in [4.78, 5) is 0. The molecule has 0 spiro atoms. The van der Waals surface area contributed by atoms with E-state index in [0.29, 0.717) is 10.0 Å². The zero-order valence-corrected chi connectivity index (χ0v) is 19.7. The molecule has 0 unspecified atom stereocenters. The van der Waals surface area contributed by atoms with Gasteiger partial charge in [0.1, 0.15) is 12.9 Å². The Hall–Kier alpha value is -0.103. The number of methoxy groups -OCH3 is 1. The predicted molar refractivity (Wildman–Crippen MR) is 114 cm³/mol. The van der Waals surface area contributed by atoms with Crippen LogP contribution in [0.15, 0.2) is 18.2 Å². The van der Waals surface area contributed by atoms with E-state index >= 15 is 0 Å². The molecular formula is C20H34Cl2O3Si. The van der Waals surface area contributed by atoms with E-state index in [1.54, 1.807) is 7.11 Å². The maximum Gasteiger partial charge on any atom is 0.192 e. The minimum Gasteiger partial charge on any atom is -0.411 e. The lowest BCUT2D eigenvalue weighted by molar-refractivity contribution is -0.113. The van der Waals surface area contributed by atoms with E-state index in [4.69, 9.17) is 37.1 Å². The van der Waals surface area contributed by atoms with Gasteiger partial charge in [0.15, 0.2) is 8.32 Å². The molecule has 0 radical (unpaired) electrons. The van der Waals surface area contributed by atoms with Gasteiger partial charge in [-0.25, -0.2) is 0 Å². The van der Waals surface area contributed by atoms with Crippen LogP contribution in [-0.2, 0) is 13.9 Å². The molecule has 150 valence electrons. The second kappa shape index (κ2) is 10.4. The van der Waals surface area contributed by atoms with E-state index in [1.807, 2.05) is 18.2 Å². The topological polar surface area (TPSA) is 27.7 Å². The summed E-state index contributed by atoms with van der Waals surface area (Å²) in [6.07, 6.45) is 2.54. The van der Waals surface area contributed by atoms with Crippen LogP contribution in [-0.4, -0.2) is 28.3 Å². The molecular weight excluding hydrogens is 387 g/mol. The van der Waals surface area contributed by atoms with Gasteiger partial charge in [0.2, 0.25) is 0 Å². The Balaban J connectivity index is 3.29. The van der Waals surface area contributed by atoms with Crippen LogP contribution in [0.3, 0.4) is 0 Å². The first-order valence-electron chi connectivity index (χ1n) is 9.27. The van der Waals surface area contributed by atoms with Gasteiger partial charge in [-0.1, -0.05) is 69.8 Å². The Morgan fingerprint density at radius 1 is 1.12 bits per heavy atom. The van der Waals surface area contributed by atoms with Gasteiger partial charge in [-0.05, 0) is 36.7 Å². The number of halogens is 2. The normalized spacial score (nSPS) is 15.1. The Labute approximate surface area is 170 Å². The molecule has 3 nitrogen and oxygen atoms in total. The van der Waals surface area contributed by atoms with E-state index in [1.165, 1.54) is 0 Å². The van der Waals surface area contributed by atoms with Crippen LogP contribution in [0.4, 0.5) is 0 Å². The molecule has 0 fully saturated rings. The van der Waals surface area contributed by atoms with Crippen molar-refractivity contribution < 1.29 is 13.9 Å².